The Bertz CT molecular complexity index is 852. The molecule has 3 aromatic rings. The molecular weight excluding hydrogens is 324 g/mol. The van der Waals surface area contributed by atoms with E-state index >= 15 is 0 Å². The number of carbonyl (C=O) groups excluding carboxylic acids is 1. The number of hydrogen-bond acceptors (Lipinski definition) is 4. The molecule has 1 unspecified atom stereocenters. The van der Waals surface area contributed by atoms with Gasteiger partial charge in [-0.05, 0) is 18.1 Å². The fourth-order valence-electron chi connectivity index (χ4n) is 2.72. The van der Waals surface area contributed by atoms with E-state index in [-0.39, 0.29) is 11.9 Å². The third-order valence-electron chi connectivity index (χ3n) is 4.16. The maximum atomic E-state index is 12.7. The second kappa shape index (κ2) is 8.25. The van der Waals surface area contributed by atoms with E-state index in [1.54, 1.807) is 18.0 Å². The van der Waals surface area contributed by atoms with Crippen molar-refractivity contribution in [1.29, 1.82) is 0 Å². The van der Waals surface area contributed by atoms with Crippen molar-refractivity contribution in [3.05, 3.63) is 89.9 Å². The Balaban J connectivity index is 1.69. The van der Waals surface area contributed by atoms with Crippen molar-refractivity contribution < 1.29 is 4.79 Å². The standard InChI is InChI=1S/C21H22N4O/c1-16(18-11-7-4-8-12-18)24-20-13-19(22-15-23-20)21(26)25(2)14-17-9-5-3-6-10-17/h3-13,15-16H,14H2,1-2H3,(H,22,23,24). The summed E-state index contributed by atoms with van der Waals surface area (Å²) in [5.74, 6) is 0.500. The van der Waals surface area contributed by atoms with E-state index in [1.807, 2.05) is 48.5 Å². The highest BCUT2D eigenvalue weighted by molar-refractivity contribution is 5.92. The van der Waals surface area contributed by atoms with Crippen molar-refractivity contribution in [2.24, 2.45) is 0 Å². The van der Waals surface area contributed by atoms with Crippen LogP contribution in [0.5, 0.6) is 0 Å². The summed E-state index contributed by atoms with van der Waals surface area (Å²) in [6.07, 6.45) is 1.42. The highest BCUT2D eigenvalue weighted by atomic mass is 16.2. The number of carbonyl (C=O) groups is 1. The van der Waals surface area contributed by atoms with Gasteiger partial charge in [0.05, 0.1) is 0 Å². The predicted molar refractivity (Wildman–Crippen MR) is 103 cm³/mol. The maximum absolute atomic E-state index is 12.7. The average molecular weight is 346 g/mol. The van der Waals surface area contributed by atoms with E-state index in [2.05, 4.69) is 34.3 Å². The van der Waals surface area contributed by atoms with Gasteiger partial charge >= 0.3 is 0 Å². The summed E-state index contributed by atoms with van der Waals surface area (Å²) in [6, 6.07) is 21.8. The zero-order valence-electron chi connectivity index (χ0n) is 15.0. The Morgan fingerprint density at radius 3 is 2.38 bits per heavy atom. The van der Waals surface area contributed by atoms with Crippen molar-refractivity contribution in [3.8, 4) is 0 Å². The quantitative estimate of drug-likeness (QED) is 0.735. The molecule has 1 amide bonds. The maximum Gasteiger partial charge on any atom is 0.272 e. The molecule has 0 fully saturated rings. The van der Waals surface area contributed by atoms with E-state index in [1.165, 1.54) is 6.33 Å². The summed E-state index contributed by atoms with van der Waals surface area (Å²) in [4.78, 5) is 22.7. The summed E-state index contributed by atoms with van der Waals surface area (Å²) in [6.45, 7) is 2.59. The fourth-order valence-corrected chi connectivity index (χ4v) is 2.72. The molecule has 2 aromatic carbocycles. The molecule has 0 radical (unpaired) electrons. The molecule has 26 heavy (non-hydrogen) atoms. The lowest BCUT2D eigenvalue weighted by Gasteiger charge is -2.18. The monoisotopic (exact) mass is 346 g/mol. The number of rotatable bonds is 6. The van der Waals surface area contributed by atoms with Crippen LogP contribution in [0.1, 0.15) is 34.6 Å². The summed E-state index contributed by atoms with van der Waals surface area (Å²) in [5, 5.41) is 3.32. The third kappa shape index (κ3) is 4.45. The SMILES string of the molecule is CC(Nc1cc(C(=O)N(C)Cc2ccccc2)ncn1)c1ccccc1. The second-order valence-electron chi connectivity index (χ2n) is 6.21. The van der Waals surface area contributed by atoms with Crippen LogP contribution >= 0.6 is 0 Å². The fraction of sp³-hybridized carbons (Fsp3) is 0.190. The first-order valence-corrected chi connectivity index (χ1v) is 8.56. The van der Waals surface area contributed by atoms with E-state index < -0.39 is 0 Å². The molecule has 1 heterocycles. The van der Waals surface area contributed by atoms with Crippen LogP contribution in [0.4, 0.5) is 5.82 Å². The first-order chi connectivity index (χ1) is 12.6. The Labute approximate surface area is 153 Å². The van der Waals surface area contributed by atoms with Crippen LogP contribution in [0, 0.1) is 0 Å². The Morgan fingerprint density at radius 2 is 1.69 bits per heavy atom. The van der Waals surface area contributed by atoms with Crippen molar-refractivity contribution in [2.45, 2.75) is 19.5 Å². The van der Waals surface area contributed by atoms with E-state index in [0.717, 1.165) is 11.1 Å². The summed E-state index contributed by atoms with van der Waals surface area (Å²) >= 11 is 0. The number of amides is 1. The van der Waals surface area contributed by atoms with Crippen molar-refractivity contribution in [2.75, 3.05) is 12.4 Å². The summed E-state index contributed by atoms with van der Waals surface area (Å²) in [7, 11) is 1.77. The highest BCUT2D eigenvalue weighted by Crippen LogP contribution is 2.18. The normalized spacial score (nSPS) is 11.6. The molecule has 5 nitrogen and oxygen atoms in total. The van der Waals surface area contributed by atoms with Crippen molar-refractivity contribution in [3.63, 3.8) is 0 Å². The minimum absolute atomic E-state index is 0.0797. The largest absolute Gasteiger partial charge is 0.363 e. The van der Waals surface area contributed by atoms with Crippen molar-refractivity contribution >= 4 is 11.7 Å². The molecule has 0 saturated carbocycles. The van der Waals surface area contributed by atoms with Gasteiger partial charge in [0.15, 0.2) is 0 Å². The molecule has 3 rings (SSSR count). The van der Waals surface area contributed by atoms with E-state index in [4.69, 9.17) is 0 Å². The average Bonchev–Trinajstić information content (AvgIpc) is 2.69. The Hall–Kier alpha value is -3.21. The Kier molecular flexibility index (Phi) is 5.59. The second-order valence-corrected chi connectivity index (χ2v) is 6.21. The molecule has 0 spiro atoms. The number of nitrogens with zero attached hydrogens (tertiary/aromatic N) is 3. The molecule has 5 heteroatoms. The van der Waals surface area contributed by atoms with Gasteiger partial charge in [-0.2, -0.15) is 0 Å². The molecule has 1 N–H and O–H groups in total. The molecule has 0 bridgehead atoms. The molecule has 0 aliphatic rings. The van der Waals surface area contributed by atoms with Gasteiger partial charge in [-0.25, -0.2) is 9.97 Å². The van der Waals surface area contributed by atoms with Gasteiger partial charge in [-0.3, -0.25) is 4.79 Å². The lowest BCUT2D eigenvalue weighted by Crippen LogP contribution is -2.27. The molecule has 132 valence electrons. The van der Waals surface area contributed by atoms with Crippen LogP contribution in [0.2, 0.25) is 0 Å². The zero-order valence-corrected chi connectivity index (χ0v) is 15.0. The van der Waals surface area contributed by atoms with Crippen LogP contribution in [0.3, 0.4) is 0 Å². The van der Waals surface area contributed by atoms with Gasteiger partial charge < -0.3 is 10.2 Å². The molecule has 1 atom stereocenters. The van der Waals surface area contributed by atoms with Crippen LogP contribution in [-0.2, 0) is 6.54 Å². The first kappa shape index (κ1) is 17.6. The molecule has 1 aromatic heterocycles. The molecular formula is C21H22N4O. The number of nitrogens with one attached hydrogen (secondary N) is 1. The molecule has 0 saturated heterocycles. The Morgan fingerprint density at radius 1 is 1.04 bits per heavy atom. The summed E-state index contributed by atoms with van der Waals surface area (Å²) in [5.41, 5.74) is 2.61. The number of hydrogen-bond donors (Lipinski definition) is 1. The van der Waals surface area contributed by atoms with Gasteiger partial charge in [0.2, 0.25) is 0 Å². The minimum atomic E-state index is -0.133. The third-order valence-corrected chi connectivity index (χ3v) is 4.16. The number of aromatic nitrogens is 2. The highest BCUT2D eigenvalue weighted by Gasteiger charge is 2.15. The van der Waals surface area contributed by atoms with E-state index in [0.29, 0.717) is 18.1 Å². The van der Waals surface area contributed by atoms with Gasteiger partial charge in [0.1, 0.15) is 17.8 Å². The number of benzene rings is 2. The molecule has 0 aliphatic carbocycles. The van der Waals surface area contributed by atoms with Gasteiger partial charge in [0, 0.05) is 25.7 Å². The number of anilines is 1. The lowest BCUT2D eigenvalue weighted by molar-refractivity contribution is 0.0779. The van der Waals surface area contributed by atoms with Gasteiger partial charge in [0.25, 0.3) is 5.91 Å². The van der Waals surface area contributed by atoms with E-state index in [9.17, 15) is 4.79 Å². The van der Waals surface area contributed by atoms with Crippen LogP contribution in [0.25, 0.3) is 0 Å². The van der Waals surface area contributed by atoms with Crippen molar-refractivity contribution in [1.82, 2.24) is 14.9 Å². The zero-order chi connectivity index (χ0) is 18.4. The predicted octanol–water partition coefficient (Wildman–Crippen LogP) is 3.92. The van der Waals surface area contributed by atoms with Crippen LogP contribution < -0.4 is 5.32 Å². The van der Waals surface area contributed by atoms with Crippen LogP contribution in [-0.4, -0.2) is 27.8 Å². The first-order valence-electron chi connectivity index (χ1n) is 8.56. The smallest absolute Gasteiger partial charge is 0.272 e. The lowest BCUT2D eigenvalue weighted by atomic mass is 10.1. The minimum Gasteiger partial charge on any atom is -0.363 e. The topological polar surface area (TPSA) is 58.1 Å². The van der Waals surface area contributed by atoms with Crippen LogP contribution in [0.15, 0.2) is 73.1 Å². The summed E-state index contributed by atoms with van der Waals surface area (Å²) < 4.78 is 0. The van der Waals surface area contributed by atoms with Gasteiger partial charge in [-0.15, -0.1) is 0 Å². The van der Waals surface area contributed by atoms with Gasteiger partial charge in [-0.1, -0.05) is 60.7 Å². The molecule has 0 aliphatic heterocycles.